The number of nitro groups is 1. The molecule has 0 bridgehead atoms. The van der Waals surface area contributed by atoms with E-state index in [1.54, 1.807) is 6.07 Å². The number of ketones is 1. The Morgan fingerprint density at radius 1 is 1.04 bits per heavy atom. The van der Waals surface area contributed by atoms with Crippen LogP contribution in [0.1, 0.15) is 43.0 Å². The molecular weight excluding hydrogens is 350 g/mol. The second-order valence-corrected chi connectivity index (χ2v) is 6.26. The van der Waals surface area contributed by atoms with Gasteiger partial charge in [-0.15, -0.1) is 0 Å². The third kappa shape index (κ3) is 4.13. The predicted octanol–water partition coefficient (Wildman–Crippen LogP) is 3.88. The van der Waals surface area contributed by atoms with Gasteiger partial charge in [-0.25, -0.2) is 4.79 Å². The number of methoxy groups -OCH3 is 1. The topological polar surface area (TPSA) is 95.7 Å². The number of Topliss-reactive ketones (excluding diaryl/α,β-unsaturated/α-hetero) is 1. The smallest absolute Gasteiger partial charge is 0.338 e. The van der Waals surface area contributed by atoms with Crippen LogP contribution in [-0.2, 0) is 4.74 Å². The zero-order chi connectivity index (χ0) is 20.3. The maximum Gasteiger partial charge on any atom is 0.338 e. The summed E-state index contributed by atoms with van der Waals surface area (Å²) in [5.41, 5.74) is 4.10. The maximum absolute atomic E-state index is 12.5. The Kier molecular flexibility index (Phi) is 5.95. The van der Waals surface area contributed by atoms with E-state index in [2.05, 4.69) is 0 Å². The van der Waals surface area contributed by atoms with E-state index in [9.17, 15) is 19.7 Å². The van der Waals surface area contributed by atoms with Gasteiger partial charge in [-0.2, -0.15) is 0 Å². The molecule has 0 saturated heterocycles. The van der Waals surface area contributed by atoms with Crippen molar-refractivity contribution in [2.75, 3.05) is 13.7 Å². The average molecular weight is 371 g/mol. The number of hydrogen-bond acceptors (Lipinski definition) is 6. The molecule has 142 valence electrons. The van der Waals surface area contributed by atoms with Crippen molar-refractivity contribution in [3.8, 4) is 5.75 Å². The number of hydrogen-bond donors (Lipinski definition) is 0. The predicted molar refractivity (Wildman–Crippen MR) is 99.7 cm³/mol. The molecule has 0 atom stereocenters. The van der Waals surface area contributed by atoms with Crippen LogP contribution in [0.2, 0.25) is 0 Å². The van der Waals surface area contributed by atoms with E-state index in [0.29, 0.717) is 5.56 Å². The summed E-state index contributed by atoms with van der Waals surface area (Å²) in [6.07, 6.45) is 0. The van der Waals surface area contributed by atoms with Gasteiger partial charge in [0.1, 0.15) is 0 Å². The Hall–Kier alpha value is -3.22. The monoisotopic (exact) mass is 371 g/mol. The minimum Gasteiger partial charge on any atom is -0.490 e. The Labute approximate surface area is 157 Å². The van der Waals surface area contributed by atoms with Gasteiger partial charge in [0.25, 0.3) is 0 Å². The van der Waals surface area contributed by atoms with Crippen LogP contribution in [0, 0.1) is 37.8 Å². The molecule has 0 spiro atoms. The van der Waals surface area contributed by atoms with Crippen molar-refractivity contribution in [3.05, 3.63) is 67.8 Å². The second kappa shape index (κ2) is 7.99. The van der Waals surface area contributed by atoms with Crippen molar-refractivity contribution >= 4 is 17.4 Å². The number of benzene rings is 2. The highest BCUT2D eigenvalue weighted by molar-refractivity contribution is 6.01. The van der Waals surface area contributed by atoms with Gasteiger partial charge in [0.15, 0.2) is 12.4 Å². The number of ether oxygens (including phenoxy) is 2. The van der Waals surface area contributed by atoms with E-state index in [4.69, 9.17) is 9.47 Å². The fourth-order valence-corrected chi connectivity index (χ4v) is 2.75. The fraction of sp³-hybridized carbons (Fsp3) is 0.300. The molecule has 2 aromatic rings. The molecule has 0 aliphatic rings. The first-order chi connectivity index (χ1) is 12.7. The quantitative estimate of drug-likeness (QED) is 0.331. The van der Waals surface area contributed by atoms with Crippen molar-refractivity contribution in [1.29, 1.82) is 0 Å². The van der Waals surface area contributed by atoms with Gasteiger partial charge < -0.3 is 9.47 Å². The zero-order valence-corrected chi connectivity index (χ0v) is 15.9. The van der Waals surface area contributed by atoms with E-state index in [-0.39, 0.29) is 22.8 Å². The largest absolute Gasteiger partial charge is 0.490 e. The van der Waals surface area contributed by atoms with Gasteiger partial charge in [-0.3, -0.25) is 14.9 Å². The Balaban J connectivity index is 2.18. The second-order valence-electron chi connectivity index (χ2n) is 6.26. The lowest BCUT2D eigenvalue weighted by Gasteiger charge is -2.13. The molecule has 0 radical (unpaired) electrons. The number of aryl methyl sites for hydroxylation is 1. The summed E-state index contributed by atoms with van der Waals surface area (Å²) in [4.78, 5) is 35.1. The molecule has 0 heterocycles. The van der Waals surface area contributed by atoms with Crippen LogP contribution in [-0.4, -0.2) is 30.4 Å². The lowest BCUT2D eigenvalue weighted by Crippen LogP contribution is -2.16. The van der Waals surface area contributed by atoms with Crippen LogP contribution < -0.4 is 4.74 Å². The van der Waals surface area contributed by atoms with E-state index in [1.807, 2.05) is 27.7 Å². The third-order valence-corrected chi connectivity index (χ3v) is 4.73. The summed E-state index contributed by atoms with van der Waals surface area (Å²) in [5, 5.41) is 11.1. The molecule has 7 nitrogen and oxygen atoms in total. The molecule has 0 fully saturated rings. The summed E-state index contributed by atoms with van der Waals surface area (Å²) >= 11 is 0. The summed E-state index contributed by atoms with van der Waals surface area (Å²) < 4.78 is 9.96. The van der Waals surface area contributed by atoms with Crippen LogP contribution in [0.25, 0.3) is 0 Å². The van der Waals surface area contributed by atoms with E-state index >= 15 is 0 Å². The summed E-state index contributed by atoms with van der Waals surface area (Å²) in [6.45, 7) is 7.26. The summed E-state index contributed by atoms with van der Waals surface area (Å²) in [6, 6.07) is 5.51. The number of carbonyl (C=O) groups is 2. The van der Waals surface area contributed by atoms with Crippen molar-refractivity contribution in [2.24, 2.45) is 0 Å². The van der Waals surface area contributed by atoms with Gasteiger partial charge in [0, 0.05) is 11.6 Å². The number of rotatable bonds is 6. The lowest BCUT2D eigenvalue weighted by atomic mass is 9.93. The van der Waals surface area contributed by atoms with Crippen LogP contribution in [0.4, 0.5) is 5.69 Å². The van der Waals surface area contributed by atoms with Crippen molar-refractivity contribution in [1.82, 2.24) is 0 Å². The Morgan fingerprint density at radius 3 is 2.30 bits per heavy atom. The van der Waals surface area contributed by atoms with Crippen LogP contribution >= 0.6 is 0 Å². The minimum atomic E-state index is -0.813. The first kappa shape index (κ1) is 20.1. The maximum atomic E-state index is 12.5. The van der Waals surface area contributed by atoms with Crippen LogP contribution in [0.5, 0.6) is 5.75 Å². The van der Waals surface area contributed by atoms with Gasteiger partial charge >= 0.3 is 11.7 Å². The molecule has 2 rings (SSSR count). The van der Waals surface area contributed by atoms with Crippen LogP contribution in [0.15, 0.2) is 24.3 Å². The summed E-state index contributed by atoms with van der Waals surface area (Å²) in [5.74, 6) is -1.10. The molecule has 0 unspecified atom stereocenters. The fourth-order valence-electron chi connectivity index (χ4n) is 2.75. The standard InChI is InChI=1S/C20H21NO6/c1-11-8-16(14(4)13(3)12(11)2)18(22)10-27-20(23)15-6-7-19(26-5)17(9-15)21(24)25/h6-9H,10H2,1-5H3. The SMILES string of the molecule is COc1ccc(C(=O)OCC(=O)c2cc(C)c(C)c(C)c2C)cc1[N+](=O)[O-]. The molecule has 0 aromatic heterocycles. The van der Waals surface area contributed by atoms with Crippen LogP contribution in [0.3, 0.4) is 0 Å². The minimum absolute atomic E-state index is 0.0247. The average Bonchev–Trinajstić information content (AvgIpc) is 2.66. The van der Waals surface area contributed by atoms with Gasteiger partial charge in [0.2, 0.25) is 5.78 Å². The number of nitrogens with zero attached hydrogens (tertiary/aromatic N) is 1. The van der Waals surface area contributed by atoms with E-state index in [0.717, 1.165) is 28.3 Å². The molecule has 0 aliphatic carbocycles. The highest BCUT2D eigenvalue weighted by atomic mass is 16.6. The zero-order valence-electron chi connectivity index (χ0n) is 15.9. The molecule has 0 amide bonds. The number of nitro benzene ring substituents is 1. The molecule has 2 aromatic carbocycles. The molecule has 0 saturated carbocycles. The molecule has 0 aliphatic heterocycles. The van der Waals surface area contributed by atoms with Crippen molar-refractivity contribution in [3.63, 3.8) is 0 Å². The van der Waals surface area contributed by atoms with Gasteiger partial charge in [0.05, 0.1) is 17.6 Å². The molecule has 7 heteroatoms. The first-order valence-electron chi connectivity index (χ1n) is 8.27. The first-order valence-corrected chi connectivity index (χ1v) is 8.27. The van der Waals surface area contributed by atoms with Crippen molar-refractivity contribution in [2.45, 2.75) is 27.7 Å². The summed E-state index contributed by atoms with van der Waals surface area (Å²) in [7, 11) is 1.30. The highest BCUT2D eigenvalue weighted by Gasteiger charge is 2.20. The van der Waals surface area contributed by atoms with Gasteiger partial charge in [-0.05, 0) is 68.1 Å². The molecule has 0 N–H and O–H groups in total. The van der Waals surface area contributed by atoms with E-state index in [1.165, 1.54) is 19.2 Å². The lowest BCUT2D eigenvalue weighted by molar-refractivity contribution is -0.385. The molecular formula is C20H21NO6. The molecule has 27 heavy (non-hydrogen) atoms. The normalized spacial score (nSPS) is 10.4. The Bertz CT molecular complexity index is 933. The van der Waals surface area contributed by atoms with Crippen molar-refractivity contribution < 1.29 is 24.0 Å². The number of esters is 1. The number of carbonyl (C=O) groups excluding carboxylic acids is 2. The van der Waals surface area contributed by atoms with E-state index < -0.39 is 17.5 Å². The Morgan fingerprint density at radius 2 is 1.70 bits per heavy atom. The van der Waals surface area contributed by atoms with Gasteiger partial charge in [-0.1, -0.05) is 0 Å². The highest BCUT2D eigenvalue weighted by Crippen LogP contribution is 2.28. The third-order valence-electron chi connectivity index (χ3n) is 4.73.